The topological polar surface area (TPSA) is 40.5 Å². The quantitative estimate of drug-likeness (QED) is 0.888. The van der Waals surface area contributed by atoms with Crippen LogP contribution in [0.15, 0.2) is 24.3 Å². The number of aliphatic carboxylic acids is 1. The van der Waals surface area contributed by atoms with Crippen LogP contribution in [0.1, 0.15) is 25.3 Å². The van der Waals surface area contributed by atoms with Gasteiger partial charge in [0, 0.05) is 24.0 Å². The summed E-state index contributed by atoms with van der Waals surface area (Å²) in [5.41, 5.74) is -0.112. The average Bonchev–Trinajstić information content (AvgIpc) is 2.92. The number of carboxylic acids is 1. The van der Waals surface area contributed by atoms with Crippen molar-refractivity contribution in [3.63, 3.8) is 0 Å². The molecule has 1 aliphatic rings. The van der Waals surface area contributed by atoms with Crippen LogP contribution in [0.5, 0.6) is 0 Å². The first-order valence-electron chi connectivity index (χ1n) is 7.11. The summed E-state index contributed by atoms with van der Waals surface area (Å²) in [7, 11) is 0. The summed E-state index contributed by atoms with van der Waals surface area (Å²) >= 11 is 1.41. The number of carboxylic acid groups (broad SMARTS) is 1. The summed E-state index contributed by atoms with van der Waals surface area (Å²) in [6, 6.07) is 5.28. The molecule has 0 bridgehead atoms. The monoisotopic (exact) mass is 333 g/mol. The van der Waals surface area contributed by atoms with E-state index in [1.165, 1.54) is 17.8 Å². The molecule has 22 heavy (non-hydrogen) atoms. The average molecular weight is 333 g/mol. The van der Waals surface area contributed by atoms with Gasteiger partial charge in [-0.25, -0.2) is 0 Å². The lowest BCUT2D eigenvalue weighted by molar-refractivity contribution is -0.138. The van der Waals surface area contributed by atoms with Crippen LogP contribution in [0, 0.1) is 0 Å². The van der Waals surface area contributed by atoms with Gasteiger partial charge in [-0.2, -0.15) is 13.2 Å². The van der Waals surface area contributed by atoms with Gasteiger partial charge >= 0.3 is 12.1 Å². The van der Waals surface area contributed by atoms with Gasteiger partial charge in [0.1, 0.15) is 5.25 Å². The fourth-order valence-corrected chi connectivity index (χ4v) is 3.80. The minimum atomic E-state index is -4.35. The van der Waals surface area contributed by atoms with Crippen molar-refractivity contribution in [2.75, 3.05) is 18.0 Å². The highest BCUT2D eigenvalue weighted by molar-refractivity contribution is 8.01. The van der Waals surface area contributed by atoms with E-state index >= 15 is 0 Å². The first kappa shape index (κ1) is 17.0. The Morgan fingerprint density at radius 1 is 1.50 bits per heavy atom. The third-order valence-electron chi connectivity index (χ3n) is 3.69. The summed E-state index contributed by atoms with van der Waals surface area (Å²) in [5.74, 6) is -0.829. The van der Waals surface area contributed by atoms with Gasteiger partial charge in [0.25, 0.3) is 0 Å². The van der Waals surface area contributed by atoms with E-state index in [1.807, 2.05) is 11.8 Å². The molecule has 2 atom stereocenters. The standard InChI is InChI=1S/C15H18F3NO2S/c1-2-13(14(20)21)22-12-6-7-19(9-12)11-5-3-4-10(8-11)15(16,17)18/h3-5,8,12-13H,2,6-7,9H2,1H3,(H,20,21). The largest absolute Gasteiger partial charge is 0.480 e. The molecule has 0 amide bonds. The molecule has 1 aromatic rings. The number of halogens is 3. The smallest absolute Gasteiger partial charge is 0.416 e. The molecule has 1 saturated heterocycles. The molecule has 1 heterocycles. The molecule has 0 spiro atoms. The second-order valence-electron chi connectivity index (χ2n) is 5.28. The summed E-state index contributed by atoms with van der Waals surface area (Å²) in [6.45, 7) is 3.05. The van der Waals surface area contributed by atoms with E-state index < -0.39 is 23.0 Å². The number of anilines is 1. The van der Waals surface area contributed by atoms with Crippen molar-refractivity contribution in [2.24, 2.45) is 0 Å². The van der Waals surface area contributed by atoms with Gasteiger partial charge in [0.05, 0.1) is 5.56 Å². The predicted octanol–water partition coefficient (Wildman–Crippen LogP) is 3.88. The summed E-state index contributed by atoms with van der Waals surface area (Å²) in [5, 5.41) is 8.77. The number of alkyl halides is 3. The van der Waals surface area contributed by atoms with Gasteiger partial charge in [-0.1, -0.05) is 13.0 Å². The molecule has 0 aromatic heterocycles. The van der Waals surface area contributed by atoms with Crippen molar-refractivity contribution in [1.29, 1.82) is 0 Å². The third-order valence-corrected chi connectivity index (χ3v) is 5.32. The Morgan fingerprint density at radius 2 is 2.23 bits per heavy atom. The van der Waals surface area contributed by atoms with E-state index in [0.29, 0.717) is 25.2 Å². The molecular formula is C15H18F3NO2S. The van der Waals surface area contributed by atoms with Gasteiger partial charge < -0.3 is 10.0 Å². The van der Waals surface area contributed by atoms with Crippen molar-refractivity contribution in [2.45, 2.75) is 36.4 Å². The van der Waals surface area contributed by atoms with E-state index in [2.05, 4.69) is 0 Å². The van der Waals surface area contributed by atoms with Crippen molar-refractivity contribution in [3.8, 4) is 0 Å². The maximum Gasteiger partial charge on any atom is 0.416 e. The number of hydrogen-bond acceptors (Lipinski definition) is 3. The van der Waals surface area contributed by atoms with Crippen LogP contribution >= 0.6 is 11.8 Å². The van der Waals surface area contributed by atoms with E-state index in [9.17, 15) is 18.0 Å². The highest BCUT2D eigenvalue weighted by atomic mass is 32.2. The van der Waals surface area contributed by atoms with Crippen molar-refractivity contribution >= 4 is 23.4 Å². The van der Waals surface area contributed by atoms with E-state index in [4.69, 9.17) is 5.11 Å². The minimum absolute atomic E-state index is 0.135. The number of nitrogens with zero attached hydrogens (tertiary/aromatic N) is 1. The van der Waals surface area contributed by atoms with Crippen LogP contribution in [0.3, 0.4) is 0 Å². The Bertz CT molecular complexity index is 536. The van der Waals surface area contributed by atoms with Crippen LogP contribution in [0.2, 0.25) is 0 Å². The van der Waals surface area contributed by atoms with Crippen molar-refractivity contribution < 1.29 is 23.1 Å². The number of benzene rings is 1. The molecule has 1 aromatic carbocycles. The van der Waals surface area contributed by atoms with Gasteiger partial charge in [-0.05, 0) is 31.0 Å². The molecular weight excluding hydrogens is 315 g/mol. The second kappa shape index (κ2) is 6.81. The number of hydrogen-bond donors (Lipinski definition) is 1. The lowest BCUT2D eigenvalue weighted by Gasteiger charge is -2.21. The molecule has 0 aliphatic carbocycles. The highest BCUT2D eigenvalue weighted by Gasteiger charge is 2.32. The normalized spacial score (nSPS) is 20.2. The summed E-state index contributed by atoms with van der Waals surface area (Å²) < 4.78 is 38.3. The number of carbonyl (C=O) groups is 1. The molecule has 3 nitrogen and oxygen atoms in total. The van der Waals surface area contributed by atoms with Gasteiger partial charge in [0.2, 0.25) is 0 Å². The molecule has 122 valence electrons. The molecule has 7 heteroatoms. The zero-order chi connectivity index (χ0) is 16.3. The molecule has 2 unspecified atom stereocenters. The Hall–Kier alpha value is -1.37. The molecule has 1 N–H and O–H groups in total. The van der Waals surface area contributed by atoms with Crippen LogP contribution in [0.25, 0.3) is 0 Å². The molecule has 1 fully saturated rings. The zero-order valence-corrected chi connectivity index (χ0v) is 13.0. The van der Waals surface area contributed by atoms with Crippen LogP contribution in [0.4, 0.5) is 18.9 Å². The first-order valence-corrected chi connectivity index (χ1v) is 8.06. The van der Waals surface area contributed by atoms with Crippen LogP contribution in [-0.4, -0.2) is 34.7 Å². The third kappa shape index (κ3) is 4.09. The minimum Gasteiger partial charge on any atom is -0.480 e. The summed E-state index contributed by atoms with van der Waals surface area (Å²) in [4.78, 5) is 13.0. The van der Waals surface area contributed by atoms with Gasteiger partial charge in [0.15, 0.2) is 0 Å². The van der Waals surface area contributed by atoms with E-state index in [-0.39, 0.29) is 5.25 Å². The maximum absolute atomic E-state index is 12.8. The highest BCUT2D eigenvalue weighted by Crippen LogP contribution is 2.34. The van der Waals surface area contributed by atoms with E-state index in [1.54, 1.807) is 6.07 Å². The van der Waals surface area contributed by atoms with Crippen molar-refractivity contribution in [3.05, 3.63) is 29.8 Å². The van der Waals surface area contributed by atoms with Crippen molar-refractivity contribution in [1.82, 2.24) is 0 Å². The predicted molar refractivity (Wildman–Crippen MR) is 81.4 cm³/mol. The lowest BCUT2D eigenvalue weighted by Crippen LogP contribution is -2.24. The van der Waals surface area contributed by atoms with Gasteiger partial charge in [-0.3, -0.25) is 4.79 Å². The zero-order valence-electron chi connectivity index (χ0n) is 12.1. The number of thioether (sulfide) groups is 1. The Morgan fingerprint density at radius 3 is 2.82 bits per heavy atom. The molecule has 0 radical (unpaired) electrons. The Kier molecular flexibility index (Phi) is 5.26. The fourth-order valence-electron chi connectivity index (χ4n) is 2.51. The number of rotatable bonds is 5. The lowest BCUT2D eigenvalue weighted by atomic mass is 10.2. The fraction of sp³-hybridized carbons (Fsp3) is 0.533. The molecule has 0 saturated carbocycles. The molecule has 1 aliphatic heterocycles. The Labute approximate surface area is 131 Å². The van der Waals surface area contributed by atoms with Crippen LogP contribution in [-0.2, 0) is 11.0 Å². The van der Waals surface area contributed by atoms with Crippen LogP contribution < -0.4 is 4.90 Å². The maximum atomic E-state index is 12.8. The first-order chi connectivity index (χ1) is 10.3. The summed E-state index contributed by atoms with van der Waals surface area (Å²) in [6.07, 6.45) is -3.02. The second-order valence-corrected chi connectivity index (χ2v) is 6.78. The van der Waals surface area contributed by atoms with Gasteiger partial charge in [-0.15, -0.1) is 11.8 Å². The SMILES string of the molecule is CCC(SC1CCN(c2cccc(C(F)(F)F)c2)C1)C(=O)O. The van der Waals surface area contributed by atoms with E-state index in [0.717, 1.165) is 18.6 Å². The molecule has 2 rings (SSSR count). The Balaban J connectivity index is 2.03.